The van der Waals surface area contributed by atoms with Gasteiger partial charge in [-0.2, -0.15) is 0 Å². The van der Waals surface area contributed by atoms with Crippen molar-refractivity contribution in [3.63, 3.8) is 0 Å². The Hall–Kier alpha value is -3.08. The van der Waals surface area contributed by atoms with Crippen LogP contribution in [0.15, 0.2) is 48.7 Å². The van der Waals surface area contributed by atoms with Gasteiger partial charge in [0.2, 0.25) is 0 Å². The number of methoxy groups -OCH3 is 1. The van der Waals surface area contributed by atoms with Gasteiger partial charge in [-0.15, -0.1) is 0 Å². The summed E-state index contributed by atoms with van der Waals surface area (Å²) in [6.07, 6.45) is 1.56. The first kappa shape index (κ1) is 16.8. The number of nitrogens with zero attached hydrogens (tertiary/aromatic N) is 1. The van der Waals surface area contributed by atoms with Crippen LogP contribution >= 0.6 is 0 Å². The number of rotatable bonds is 5. The molecule has 5 nitrogen and oxygen atoms in total. The molecule has 25 heavy (non-hydrogen) atoms. The van der Waals surface area contributed by atoms with Crippen molar-refractivity contribution in [1.82, 2.24) is 4.98 Å². The minimum absolute atomic E-state index is 0.304. The van der Waals surface area contributed by atoms with Crippen LogP contribution in [0.1, 0.15) is 22.8 Å². The number of ether oxygens (including phenoxy) is 2. The number of pyridine rings is 1. The summed E-state index contributed by atoms with van der Waals surface area (Å²) in [5.74, 6) is 0.283. The number of carbonyl (C=O) groups excluding carboxylic acids is 1. The Labute approximate surface area is 146 Å². The zero-order chi connectivity index (χ0) is 17.8. The number of esters is 1. The molecule has 1 heterocycles. The predicted octanol–water partition coefficient (Wildman–Crippen LogP) is 4.47. The van der Waals surface area contributed by atoms with Crippen molar-refractivity contribution >= 4 is 28.2 Å². The molecular weight excluding hydrogens is 316 g/mol. The third-order valence-corrected chi connectivity index (χ3v) is 3.96. The molecule has 3 rings (SSSR count). The zero-order valence-electron chi connectivity index (χ0n) is 14.5. The average molecular weight is 336 g/mol. The van der Waals surface area contributed by atoms with Crippen LogP contribution in [-0.4, -0.2) is 24.7 Å². The first-order valence-electron chi connectivity index (χ1n) is 8.11. The molecule has 0 unspecified atom stereocenters. The van der Waals surface area contributed by atoms with Gasteiger partial charge < -0.3 is 14.8 Å². The SMILES string of the molecule is CCOC(=O)c1cnc2c(C)cccc2c1Nc1ccccc1OC. The largest absolute Gasteiger partial charge is 0.495 e. The molecule has 3 aromatic rings. The minimum atomic E-state index is -0.407. The Balaban J connectivity index is 2.20. The Morgan fingerprint density at radius 3 is 2.72 bits per heavy atom. The van der Waals surface area contributed by atoms with Gasteiger partial charge in [-0.1, -0.05) is 30.3 Å². The molecule has 0 aliphatic carbocycles. The first-order chi connectivity index (χ1) is 12.2. The van der Waals surface area contributed by atoms with E-state index in [1.807, 2.05) is 49.4 Å². The monoisotopic (exact) mass is 336 g/mol. The van der Waals surface area contributed by atoms with Gasteiger partial charge in [-0.25, -0.2) is 4.79 Å². The number of nitrogens with one attached hydrogen (secondary N) is 1. The lowest BCUT2D eigenvalue weighted by Crippen LogP contribution is -2.09. The standard InChI is InChI=1S/C20H20N2O3/c1-4-25-20(23)15-12-21-18-13(2)8-7-9-14(18)19(15)22-16-10-5-6-11-17(16)24-3/h5-12H,4H2,1-3H3,(H,21,22). The molecule has 0 amide bonds. The van der Waals surface area contributed by atoms with E-state index in [4.69, 9.17) is 9.47 Å². The van der Waals surface area contributed by atoms with E-state index in [1.165, 1.54) is 0 Å². The van der Waals surface area contributed by atoms with E-state index in [-0.39, 0.29) is 0 Å². The maximum Gasteiger partial charge on any atom is 0.341 e. The van der Waals surface area contributed by atoms with Gasteiger partial charge in [0.1, 0.15) is 11.3 Å². The molecule has 1 N–H and O–H groups in total. The second-order valence-electron chi connectivity index (χ2n) is 5.56. The quantitative estimate of drug-likeness (QED) is 0.697. The van der Waals surface area contributed by atoms with E-state index in [9.17, 15) is 4.79 Å². The van der Waals surface area contributed by atoms with Crippen LogP contribution in [-0.2, 0) is 4.74 Å². The lowest BCUT2D eigenvalue weighted by atomic mass is 10.1. The maximum absolute atomic E-state index is 12.4. The van der Waals surface area contributed by atoms with E-state index in [0.29, 0.717) is 23.6 Å². The summed E-state index contributed by atoms with van der Waals surface area (Å²) in [7, 11) is 1.61. The number of anilines is 2. The third kappa shape index (κ3) is 3.26. The van der Waals surface area contributed by atoms with Gasteiger partial charge in [-0.05, 0) is 31.5 Å². The fraction of sp³-hybridized carbons (Fsp3) is 0.200. The van der Waals surface area contributed by atoms with Gasteiger partial charge in [0.05, 0.1) is 30.6 Å². The summed E-state index contributed by atoms with van der Waals surface area (Å²) >= 11 is 0. The Kier molecular flexibility index (Phi) is 4.84. The molecule has 0 saturated carbocycles. The number of hydrogen-bond acceptors (Lipinski definition) is 5. The van der Waals surface area contributed by atoms with E-state index < -0.39 is 5.97 Å². The fourth-order valence-electron chi connectivity index (χ4n) is 2.75. The molecule has 128 valence electrons. The molecule has 0 atom stereocenters. The molecule has 0 saturated heterocycles. The summed E-state index contributed by atoms with van der Waals surface area (Å²) in [5, 5.41) is 4.19. The molecule has 1 aromatic heterocycles. The van der Waals surface area contributed by atoms with Gasteiger partial charge in [-0.3, -0.25) is 4.98 Å². The molecular formula is C20H20N2O3. The second-order valence-corrected chi connectivity index (χ2v) is 5.56. The van der Waals surface area contributed by atoms with Crippen molar-refractivity contribution in [2.45, 2.75) is 13.8 Å². The van der Waals surface area contributed by atoms with Crippen LogP contribution in [0.5, 0.6) is 5.75 Å². The van der Waals surface area contributed by atoms with Crippen molar-refractivity contribution in [3.8, 4) is 5.75 Å². The first-order valence-corrected chi connectivity index (χ1v) is 8.11. The van der Waals surface area contributed by atoms with E-state index in [1.54, 1.807) is 20.2 Å². The number of aromatic nitrogens is 1. The highest BCUT2D eigenvalue weighted by atomic mass is 16.5. The van der Waals surface area contributed by atoms with Gasteiger partial charge in [0, 0.05) is 11.6 Å². The summed E-state index contributed by atoms with van der Waals surface area (Å²) in [6, 6.07) is 13.4. The lowest BCUT2D eigenvalue weighted by Gasteiger charge is -2.16. The van der Waals surface area contributed by atoms with Crippen molar-refractivity contribution in [3.05, 3.63) is 59.8 Å². The highest BCUT2D eigenvalue weighted by Crippen LogP contribution is 2.34. The average Bonchev–Trinajstić information content (AvgIpc) is 2.63. The summed E-state index contributed by atoms with van der Waals surface area (Å²) < 4.78 is 10.6. The maximum atomic E-state index is 12.4. The van der Waals surface area contributed by atoms with Crippen LogP contribution in [0.25, 0.3) is 10.9 Å². The smallest absolute Gasteiger partial charge is 0.341 e. The Morgan fingerprint density at radius 1 is 1.16 bits per heavy atom. The molecule has 0 aliphatic rings. The van der Waals surface area contributed by atoms with Gasteiger partial charge in [0.25, 0.3) is 0 Å². The lowest BCUT2D eigenvalue weighted by molar-refractivity contribution is 0.0527. The van der Waals surface area contributed by atoms with Gasteiger partial charge >= 0.3 is 5.97 Å². The third-order valence-electron chi connectivity index (χ3n) is 3.96. The van der Waals surface area contributed by atoms with Gasteiger partial charge in [0.15, 0.2) is 0 Å². The summed E-state index contributed by atoms with van der Waals surface area (Å²) in [6.45, 7) is 4.08. The molecule has 0 spiro atoms. The minimum Gasteiger partial charge on any atom is -0.495 e. The van der Waals surface area contributed by atoms with Crippen molar-refractivity contribution < 1.29 is 14.3 Å². The topological polar surface area (TPSA) is 60.5 Å². The van der Waals surface area contributed by atoms with Crippen LogP contribution in [0.2, 0.25) is 0 Å². The Bertz CT molecular complexity index is 922. The van der Waals surface area contributed by atoms with Crippen LogP contribution < -0.4 is 10.1 Å². The van der Waals surface area contributed by atoms with E-state index in [2.05, 4.69) is 10.3 Å². The van der Waals surface area contributed by atoms with E-state index >= 15 is 0 Å². The zero-order valence-corrected chi connectivity index (χ0v) is 14.5. The molecule has 0 bridgehead atoms. The molecule has 0 aliphatic heterocycles. The fourth-order valence-corrected chi connectivity index (χ4v) is 2.75. The second kappa shape index (κ2) is 7.21. The van der Waals surface area contributed by atoms with Crippen LogP contribution in [0.3, 0.4) is 0 Å². The Morgan fingerprint density at radius 2 is 1.96 bits per heavy atom. The number of benzene rings is 2. The highest BCUT2D eigenvalue weighted by molar-refractivity contribution is 6.06. The molecule has 5 heteroatoms. The number of para-hydroxylation sites is 3. The molecule has 0 radical (unpaired) electrons. The van der Waals surface area contributed by atoms with Crippen LogP contribution in [0, 0.1) is 6.92 Å². The number of fused-ring (bicyclic) bond motifs is 1. The van der Waals surface area contributed by atoms with Crippen molar-refractivity contribution in [1.29, 1.82) is 0 Å². The number of aryl methyl sites for hydroxylation is 1. The van der Waals surface area contributed by atoms with Crippen molar-refractivity contribution in [2.75, 3.05) is 19.0 Å². The summed E-state index contributed by atoms with van der Waals surface area (Å²) in [5.41, 5.74) is 3.70. The molecule has 0 fully saturated rings. The predicted molar refractivity (Wildman–Crippen MR) is 98.7 cm³/mol. The normalized spacial score (nSPS) is 10.5. The highest BCUT2D eigenvalue weighted by Gasteiger charge is 2.18. The molecule has 2 aromatic carbocycles. The number of hydrogen-bond donors (Lipinski definition) is 1. The van der Waals surface area contributed by atoms with E-state index in [0.717, 1.165) is 22.2 Å². The summed E-state index contributed by atoms with van der Waals surface area (Å²) in [4.78, 5) is 16.9. The van der Waals surface area contributed by atoms with Crippen molar-refractivity contribution in [2.24, 2.45) is 0 Å². The number of carbonyl (C=O) groups is 1. The van der Waals surface area contributed by atoms with Crippen LogP contribution in [0.4, 0.5) is 11.4 Å².